The van der Waals surface area contributed by atoms with E-state index in [0.29, 0.717) is 0 Å². The van der Waals surface area contributed by atoms with Crippen molar-refractivity contribution in [1.29, 1.82) is 0 Å². The first-order valence-corrected chi connectivity index (χ1v) is 5.61. The Morgan fingerprint density at radius 3 is 2.36 bits per heavy atom. The van der Waals surface area contributed by atoms with Crippen molar-refractivity contribution in [3.05, 3.63) is 29.8 Å². The van der Waals surface area contributed by atoms with Crippen LogP contribution in [0.25, 0.3) is 0 Å². The average molecular weight is 240 g/mol. The van der Waals surface area contributed by atoms with Crippen LogP contribution in [0.5, 0.6) is 0 Å². The normalized spacial score (nSPS) is 10.4. The Balaban J connectivity index is 0.00000169. The second kappa shape index (κ2) is 5.18. The second-order valence-corrected chi connectivity index (χ2v) is 4.98. The number of carbonyl (C=O) groups is 1. The number of benzene rings is 1. The minimum atomic E-state index is -3.74. The third-order valence-electron chi connectivity index (χ3n) is 1.37. The molecule has 0 aliphatic carbocycles. The third kappa shape index (κ3) is 3.62. The van der Waals surface area contributed by atoms with Gasteiger partial charge in [0.05, 0.1) is 14.4 Å². The first kappa shape index (κ1) is 14.0. The summed E-state index contributed by atoms with van der Waals surface area (Å²) in [4.78, 5) is 10.3. The predicted molar refractivity (Wildman–Crippen MR) is 48.0 cm³/mol. The fourth-order valence-corrected chi connectivity index (χ4v) is 1.61. The molecule has 0 aliphatic rings. The molecule has 0 amide bonds. The standard InChI is InChI=1S/C7H6O4S2.Na/c8-7(9)5-2-1-3-6(4-5)13(10,11)12;/h1-4H,(H,8,9)(H,10,11,12);/q;+1/p-1. The monoisotopic (exact) mass is 240 g/mol. The molecule has 1 rings (SSSR count). The molecule has 0 radical (unpaired) electrons. The predicted octanol–water partition coefficient (Wildman–Crippen LogP) is -2.38. The van der Waals surface area contributed by atoms with Crippen LogP contribution in [-0.4, -0.2) is 19.5 Å². The molecule has 1 N–H and O–H groups in total. The molecule has 0 atom stereocenters. The summed E-state index contributed by atoms with van der Waals surface area (Å²) in [5.41, 5.74) is -0.0917. The van der Waals surface area contributed by atoms with E-state index in [-0.39, 0.29) is 40.0 Å². The zero-order valence-electron chi connectivity index (χ0n) is 7.30. The third-order valence-corrected chi connectivity index (χ3v) is 2.78. The van der Waals surface area contributed by atoms with E-state index in [1.807, 2.05) is 0 Å². The van der Waals surface area contributed by atoms with E-state index in [9.17, 15) is 13.2 Å². The molecule has 1 aromatic carbocycles. The van der Waals surface area contributed by atoms with E-state index in [1.165, 1.54) is 18.2 Å². The molecule has 0 fully saturated rings. The number of carboxylic acid groups (broad SMARTS) is 1. The summed E-state index contributed by atoms with van der Waals surface area (Å²) in [6, 6.07) is 4.93. The van der Waals surface area contributed by atoms with E-state index in [2.05, 4.69) is 11.7 Å². The number of hydrogen-bond acceptors (Lipinski definition) is 4. The van der Waals surface area contributed by atoms with Crippen LogP contribution in [0.2, 0.25) is 0 Å². The van der Waals surface area contributed by atoms with Gasteiger partial charge in [0.25, 0.3) is 0 Å². The molecular formula is C7H5NaO4S2. The molecule has 7 heteroatoms. The number of rotatable bonds is 2. The van der Waals surface area contributed by atoms with Gasteiger partial charge in [-0.15, -0.1) is 0 Å². The SMILES string of the molecule is O=C(O)c1cccc(S(=O)(=O)[S-])c1.[Na+]. The van der Waals surface area contributed by atoms with Crippen LogP contribution in [0.4, 0.5) is 0 Å². The zero-order valence-corrected chi connectivity index (χ0v) is 10.9. The maximum absolute atomic E-state index is 10.8. The van der Waals surface area contributed by atoms with Gasteiger partial charge >= 0.3 is 35.5 Å². The Morgan fingerprint density at radius 1 is 1.36 bits per heavy atom. The van der Waals surface area contributed by atoms with Gasteiger partial charge in [0, 0.05) is 4.90 Å². The molecule has 4 nitrogen and oxygen atoms in total. The summed E-state index contributed by atoms with van der Waals surface area (Å²) in [7, 11) is -3.74. The van der Waals surface area contributed by atoms with Gasteiger partial charge < -0.3 is 16.8 Å². The van der Waals surface area contributed by atoms with Gasteiger partial charge in [-0.3, -0.25) is 0 Å². The van der Waals surface area contributed by atoms with Crippen molar-refractivity contribution in [3.8, 4) is 0 Å². The largest absolute Gasteiger partial charge is 1.00 e. The maximum atomic E-state index is 10.8. The summed E-state index contributed by atoms with van der Waals surface area (Å²) in [6.07, 6.45) is 0. The first-order chi connectivity index (χ1) is 5.91. The first-order valence-electron chi connectivity index (χ1n) is 3.20. The Morgan fingerprint density at radius 2 is 1.93 bits per heavy atom. The molecule has 0 aromatic heterocycles. The van der Waals surface area contributed by atoms with Crippen molar-refractivity contribution in [1.82, 2.24) is 0 Å². The Bertz CT molecular complexity index is 441. The van der Waals surface area contributed by atoms with Crippen LogP contribution < -0.4 is 29.6 Å². The van der Waals surface area contributed by atoms with Crippen molar-refractivity contribution in [2.24, 2.45) is 0 Å². The van der Waals surface area contributed by atoms with Gasteiger partial charge in [0.2, 0.25) is 0 Å². The van der Waals surface area contributed by atoms with Gasteiger partial charge in [-0.05, 0) is 18.2 Å². The van der Waals surface area contributed by atoms with Crippen LogP contribution in [0.15, 0.2) is 29.2 Å². The minimum Gasteiger partial charge on any atom is -0.644 e. The second-order valence-electron chi connectivity index (χ2n) is 2.29. The fraction of sp³-hybridized carbons (Fsp3) is 0. The van der Waals surface area contributed by atoms with E-state index < -0.39 is 14.8 Å². The minimum absolute atomic E-state index is 0. The van der Waals surface area contributed by atoms with Gasteiger partial charge in [-0.1, -0.05) is 6.07 Å². The molecule has 0 heterocycles. The fourth-order valence-electron chi connectivity index (χ4n) is 0.785. The van der Waals surface area contributed by atoms with Crippen molar-refractivity contribution in [2.75, 3.05) is 0 Å². The Hall–Kier alpha value is -0.0100. The van der Waals surface area contributed by atoms with E-state index >= 15 is 0 Å². The molecule has 0 unspecified atom stereocenters. The van der Waals surface area contributed by atoms with Gasteiger partial charge in [0.1, 0.15) is 0 Å². The molecule has 0 saturated heterocycles. The van der Waals surface area contributed by atoms with Crippen molar-refractivity contribution >= 4 is 26.5 Å². The average Bonchev–Trinajstić information content (AvgIpc) is 2.03. The summed E-state index contributed by atoms with van der Waals surface area (Å²) in [5.74, 6) is -1.18. The van der Waals surface area contributed by atoms with Crippen LogP contribution >= 0.6 is 0 Å². The molecule has 70 valence electrons. The van der Waals surface area contributed by atoms with Crippen LogP contribution in [0.3, 0.4) is 0 Å². The smallest absolute Gasteiger partial charge is 0.644 e. The topological polar surface area (TPSA) is 71.4 Å². The summed E-state index contributed by atoms with van der Waals surface area (Å²) in [5, 5.41) is 8.55. The van der Waals surface area contributed by atoms with Crippen LogP contribution in [0, 0.1) is 0 Å². The summed E-state index contributed by atoms with van der Waals surface area (Å²) in [6.45, 7) is 0. The van der Waals surface area contributed by atoms with E-state index in [4.69, 9.17) is 5.11 Å². The number of hydrogen-bond donors (Lipinski definition) is 1. The van der Waals surface area contributed by atoms with Crippen molar-refractivity contribution in [2.45, 2.75) is 4.90 Å². The van der Waals surface area contributed by atoms with Gasteiger partial charge in [-0.2, -0.15) is 0 Å². The van der Waals surface area contributed by atoms with Gasteiger partial charge in [0.15, 0.2) is 0 Å². The van der Waals surface area contributed by atoms with E-state index in [1.54, 1.807) is 0 Å². The summed E-state index contributed by atoms with van der Waals surface area (Å²) >= 11 is 4.18. The Labute approximate surface area is 108 Å². The molecule has 0 spiro atoms. The number of aromatic carboxylic acids is 1. The molecular weight excluding hydrogens is 235 g/mol. The van der Waals surface area contributed by atoms with Crippen LogP contribution in [0.1, 0.15) is 10.4 Å². The van der Waals surface area contributed by atoms with Crippen LogP contribution in [-0.2, 0) is 20.5 Å². The van der Waals surface area contributed by atoms with Gasteiger partial charge in [-0.25, -0.2) is 13.2 Å². The Kier molecular flexibility index (Phi) is 5.17. The van der Waals surface area contributed by atoms with Crippen molar-refractivity contribution < 1.29 is 47.9 Å². The quantitative estimate of drug-likeness (QED) is 0.355. The van der Waals surface area contributed by atoms with Crippen molar-refractivity contribution in [3.63, 3.8) is 0 Å². The number of carboxylic acids is 1. The zero-order chi connectivity index (χ0) is 10.1. The molecule has 1 aromatic rings. The molecule has 0 bridgehead atoms. The molecule has 0 saturated carbocycles. The molecule has 14 heavy (non-hydrogen) atoms. The molecule has 0 aliphatic heterocycles. The maximum Gasteiger partial charge on any atom is 1.00 e. The summed E-state index contributed by atoms with van der Waals surface area (Å²) < 4.78 is 21.7. The van der Waals surface area contributed by atoms with E-state index in [0.717, 1.165) is 6.07 Å².